The number of rotatable bonds is 4. The van der Waals surface area contributed by atoms with Crippen molar-refractivity contribution in [2.24, 2.45) is 5.73 Å². The van der Waals surface area contributed by atoms with E-state index >= 15 is 0 Å². The highest BCUT2D eigenvalue weighted by atomic mass is 16.7. The molecule has 21 heavy (non-hydrogen) atoms. The molecule has 1 spiro atoms. The minimum Gasteiger partial charge on any atom is -0.489 e. The summed E-state index contributed by atoms with van der Waals surface area (Å²) in [4.78, 5) is 0. The fourth-order valence-corrected chi connectivity index (χ4v) is 3.07. The Morgan fingerprint density at radius 1 is 1.33 bits per heavy atom. The molecule has 2 unspecified atom stereocenters. The Morgan fingerprint density at radius 3 is 2.90 bits per heavy atom. The van der Waals surface area contributed by atoms with Crippen LogP contribution in [-0.2, 0) is 20.8 Å². The van der Waals surface area contributed by atoms with Gasteiger partial charge in [-0.15, -0.1) is 0 Å². The molecule has 0 bridgehead atoms. The van der Waals surface area contributed by atoms with E-state index in [1.54, 1.807) is 7.11 Å². The maximum atomic E-state index is 6.21. The molecule has 116 valence electrons. The molecule has 2 aliphatic rings. The predicted octanol–water partition coefficient (Wildman–Crippen LogP) is 1.83. The third-order valence-electron chi connectivity index (χ3n) is 4.16. The number of methoxy groups -OCH3 is 1. The van der Waals surface area contributed by atoms with Gasteiger partial charge < -0.3 is 24.7 Å². The van der Waals surface area contributed by atoms with Crippen LogP contribution >= 0.6 is 0 Å². The van der Waals surface area contributed by atoms with Crippen LogP contribution in [0.2, 0.25) is 0 Å². The van der Waals surface area contributed by atoms with Gasteiger partial charge in [-0.3, -0.25) is 0 Å². The van der Waals surface area contributed by atoms with E-state index in [4.69, 9.17) is 24.7 Å². The number of hydrogen-bond donors (Lipinski definition) is 1. The highest BCUT2D eigenvalue weighted by Crippen LogP contribution is 2.37. The highest BCUT2D eigenvalue weighted by Gasteiger charge is 2.45. The number of hydrogen-bond acceptors (Lipinski definition) is 5. The van der Waals surface area contributed by atoms with Crippen LogP contribution in [-0.4, -0.2) is 38.3 Å². The van der Waals surface area contributed by atoms with Gasteiger partial charge in [0.05, 0.1) is 19.8 Å². The van der Waals surface area contributed by atoms with E-state index < -0.39 is 5.79 Å². The van der Waals surface area contributed by atoms with Gasteiger partial charge in [0.15, 0.2) is 5.79 Å². The molecule has 1 heterocycles. The van der Waals surface area contributed by atoms with Crippen molar-refractivity contribution in [1.29, 1.82) is 0 Å². The summed E-state index contributed by atoms with van der Waals surface area (Å²) in [5.74, 6) is 0.338. The van der Waals surface area contributed by atoms with Crippen LogP contribution in [0.25, 0.3) is 0 Å². The van der Waals surface area contributed by atoms with E-state index in [2.05, 4.69) is 0 Å². The minimum atomic E-state index is -0.481. The molecule has 2 atom stereocenters. The summed E-state index contributed by atoms with van der Waals surface area (Å²) in [6, 6.07) is 7.93. The third-order valence-corrected chi connectivity index (χ3v) is 4.16. The molecule has 3 rings (SSSR count). The minimum absolute atomic E-state index is 0.00880. The molecule has 1 saturated heterocycles. The van der Waals surface area contributed by atoms with Crippen LogP contribution in [0.15, 0.2) is 24.3 Å². The first-order valence-electron chi connectivity index (χ1n) is 7.49. The van der Waals surface area contributed by atoms with Crippen molar-refractivity contribution >= 4 is 0 Å². The lowest BCUT2D eigenvalue weighted by Gasteiger charge is -2.39. The molecular formula is C16H23NO4. The van der Waals surface area contributed by atoms with Crippen LogP contribution in [0.4, 0.5) is 0 Å². The van der Waals surface area contributed by atoms with Crippen LogP contribution in [0.5, 0.6) is 5.75 Å². The average molecular weight is 293 g/mol. The summed E-state index contributed by atoms with van der Waals surface area (Å²) in [5.41, 5.74) is 7.30. The van der Waals surface area contributed by atoms with E-state index in [0.717, 1.165) is 24.2 Å². The van der Waals surface area contributed by atoms with Gasteiger partial charge in [0.1, 0.15) is 11.9 Å². The number of ether oxygens (including phenoxy) is 4. The molecule has 1 aliphatic carbocycles. The van der Waals surface area contributed by atoms with Gasteiger partial charge in [-0.25, -0.2) is 0 Å². The summed E-state index contributed by atoms with van der Waals surface area (Å²) in [7, 11) is 1.68. The van der Waals surface area contributed by atoms with Crippen LogP contribution < -0.4 is 10.5 Å². The van der Waals surface area contributed by atoms with E-state index in [9.17, 15) is 0 Å². The molecular weight excluding hydrogens is 270 g/mol. The molecule has 1 aliphatic heterocycles. The van der Waals surface area contributed by atoms with Crippen LogP contribution in [0, 0.1) is 0 Å². The number of benzene rings is 1. The summed E-state index contributed by atoms with van der Waals surface area (Å²) in [6.45, 7) is 1.89. The Balaban J connectivity index is 1.68. The topological polar surface area (TPSA) is 62.9 Å². The van der Waals surface area contributed by atoms with Crippen molar-refractivity contribution in [3.05, 3.63) is 29.8 Å². The average Bonchev–Trinajstić information content (AvgIpc) is 2.92. The first-order chi connectivity index (χ1) is 10.2. The Kier molecular flexibility index (Phi) is 4.45. The van der Waals surface area contributed by atoms with Crippen LogP contribution in [0.3, 0.4) is 0 Å². The first-order valence-corrected chi connectivity index (χ1v) is 7.49. The summed E-state index contributed by atoms with van der Waals surface area (Å²) >= 11 is 0. The Bertz CT molecular complexity index is 473. The SMILES string of the molecule is COCc1cccc(OC2CC3(CCC2N)OCCO3)c1. The molecule has 0 aromatic heterocycles. The zero-order valence-corrected chi connectivity index (χ0v) is 12.4. The van der Waals surface area contributed by atoms with Crippen molar-refractivity contribution in [2.75, 3.05) is 20.3 Å². The molecule has 2 fully saturated rings. The maximum Gasteiger partial charge on any atom is 0.172 e. The normalized spacial score (nSPS) is 27.9. The van der Waals surface area contributed by atoms with Crippen molar-refractivity contribution in [3.8, 4) is 5.75 Å². The molecule has 1 aromatic carbocycles. The molecule has 0 amide bonds. The second kappa shape index (κ2) is 6.32. The molecule has 1 saturated carbocycles. The zero-order valence-electron chi connectivity index (χ0n) is 12.4. The zero-order chi connectivity index (χ0) is 14.7. The van der Waals surface area contributed by atoms with Gasteiger partial charge in [-0.1, -0.05) is 12.1 Å². The van der Waals surface area contributed by atoms with E-state index in [1.807, 2.05) is 24.3 Å². The van der Waals surface area contributed by atoms with Gasteiger partial charge in [0.2, 0.25) is 0 Å². The molecule has 0 radical (unpaired) electrons. The third kappa shape index (κ3) is 3.37. The summed E-state index contributed by atoms with van der Waals surface area (Å²) < 4.78 is 22.8. The Labute approximate surface area is 125 Å². The lowest BCUT2D eigenvalue weighted by Crippen LogP contribution is -2.51. The molecule has 2 N–H and O–H groups in total. The highest BCUT2D eigenvalue weighted by molar-refractivity contribution is 5.28. The molecule has 5 nitrogen and oxygen atoms in total. The quantitative estimate of drug-likeness (QED) is 0.917. The van der Waals surface area contributed by atoms with Gasteiger partial charge in [-0.2, -0.15) is 0 Å². The van der Waals surface area contributed by atoms with Crippen molar-refractivity contribution in [1.82, 2.24) is 0 Å². The van der Waals surface area contributed by atoms with E-state index in [0.29, 0.717) is 26.2 Å². The standard InChI is InChI=1S/C16H23NO4/c1-18-11-12-3-2-4-13(9-12)21-15-10-16(6-5-14(15)17)19-7-8-20-16/h2-4,9,14-15H,5-8,10-11,17H2,1H3. The van der Waals surface area contributed by atoms with E-state index in [1.165, 1.54) is 0 Å². The van der Waals surface area contributed by atoms with E-state index in [-0.39, 0.29) is 12.1 Å². The van der Waals surface area contributed by atoms with Crippen LogP contribution in [0.1, 0.15) is 24.8 Å². The fraction of sp³-hybridized carbons (Fsp3) is 0.625. The lowest BCUT2D eigenvalue weighted by atomic mass is 9.88. The monoisotopic (exact) mass is 293 g/mol. The Morgan fingerprint density at radius 2 is 2.14 bits per heavy atom. The van der Waals surface area contributed by atoms with Gasteiger partial charge in [0, 0.05) is 26.0 Å². The summed E-state index contributed by atoms with van der Waals surface area (Å²) in [6.07, 6.45) is 2.29. The lowest BCUT2D eigenvalue weighted by molar-refractivity contribution is -0.195. The molecule has 1 aromatic rings. The summed E-state index contributed by atoms with van der Waals surface area (Å²) in [5, 5.41) is 0. The predicted molar refractivity (Wildman–Crippen MR) is 78.0 cm³/mol. The van der Waals surface area contributed by atoms with Crippen molar-refractivity contribution in [2.45, 2.75) is 43.8 Å². The molecule has 5 heteroatoms. The second-order valence-electron chi connectivity index (χ2n) is 5.75. The van der Waals surface area contributed by atoms with Crippen molar-refractivity contribution in [3.63, 3.8) is 0 Å². The maximum absolute atomic E-state index is 6.21. The smallest absolute Gasteiger partial charge is 0.172 e. The van der Waals surface area contributed by atoms with Gasteiger partial charge >= 0.3 is 0 Å². The van der Waals surface area contributed by atoms with Gasteiger partial charge in [-0.05, 0) is 24.1 Å². The second-order valence-corrected chi connectivity index (χ2v) is 5.75. The van der Waals surface area contributed by atoms with Gasteiger partial charge in [0.25, 0.3) is 0 Å². The largest absolute Gasteiger partial charge is 0.489 e. The Hall–Kier alpha value is -1.14. The van der Waals surface area contributed by atoms with Crippen molar-refractivity contribution < 1.29 is 18.9 Å². The first kappa shape index (κ1) is 14.8. The fourth-order valence-electron chi connectivity index (χ4n) is 3.07. The number of nitrogens with two attached hydrogens (primary N) is 1.